The molecule has 0 aliphatic carbocycles. The van der Waals surface area contributed by atoms with Crippen LogP contribution < -0.4 is 0 Å². The Morgan fingerprint density at radius 1 is 1.56 bits per heavy atom. The van der Waals surface area contributed by atoms with Gasteiger partial charge in [0.1, 0.15) is 6.73 Å². The first-order valence-corrected chi connectivity index (χ1v) is 6.50. The van der Waals surface area contributed by atoms with E-state index in [0.717, 1.165) is 11.9 Å². The maximum atomic E-state index is 12.3. The van der Waals surface area contributed by atoms with Gasteiger partial charge in [-0.25, -0.2) is 4.98 Å². The Morgan fingerprint density at radius 2 is 2.25 bits per heavy atom. The van der Waals surface area contributed by atoms with Crippen molar-refractivity contribution in [3.05, 3.63) is 16.6 Å². The van der Waals surface area contributed by atoms with Crippen LogP contribution in [0, 0.1) is 0 Å². The summed E-state index contributed by atoms with van der Waals surface area (Å²) in [5.74, 6) is 0.804. The molecular weight excluding hydrogens is 309 g/mol. The molecule has 0 spiro atoms. The summed E-state index contributed by atoms with van der Waals surface area (Å²) in [6.07, 6.45) is -1.57. The lowest BCUT2D eigenvalue weighted by Gasteiger charge is -2.04. The van der Waals surface area contributed by atoms with Gasteiger partial charge in [0.25, 0.3) is 0 Å². The summed E-state index contributed by atoms with van der Waals surface area (Å²) >= 11 is 4.55. The van der Waals surface area contributed by atoms with E-state index in [1.807, 2.05) is 6.26 Å². The van der Waals surface area contributed by atoms with Crippen LogP contribution in [0.3, 0.4) is 0 Å². The third-order valence-electron chi connectivity index (χ3n) is 1.68. The molecule has 0 unspecified atom stereocenters. The predicted octanol–water partition coefficient (Wildman–Crippen LogP) is 3.00. The van der Waals surface area contributed by atoms with Gasteiger partial charge in [-0.1, -0.05) is 0 Å². The fourth-order valence-electron chi connectivity index (χ4n) is 0.926. The Morgan fingerprint density at radius 3 is 2.75 bits per heavy atom. The summed E-state index contributed by atoms with van der Waals surface area (Å²) in [5, 5.41) is 0. The van der Waals surface area contributed by atoms with Crippen molar-refractivity contribution in [1.82, 2.24) is 9.55 Å². The highest BCUT2D eigenvalue weighted by Crippen LogP contribution is 2.29. The van der Waals surface area contributed by atoms with E-state index in [-0.39, 0.29) is 11.5 Å². The normalized spacial score (nSPS) is 12.1. The highest BCUT2D eigenvalue weighted by molar-refractivity contribution is 9.10. The van der Waals surface area contributed by atoms with Gasteiger partial charge in [-0.3, -0.25) is 0 Å². The standard InChI is InChI=1S/C8H10BrF3N2OS/c1-16-3-2-15-5-14-4-6(8(10,11)12)13-7(14)9/h4H,2-3,5H2,1H3. The Labute approximate surface area is 103 Å². The Hall–Kier alpha value is -0.210. The highest BCUT2D eigenvalue weighted by Gasteiger charge is 2.34. The van der Waals surface area contributed by atoms with Crippen LogP contribution in [0.2, 0.25) is 0 Å². The molecule has 0 aromatic carbocycles. The molecule has 0 fully saturated rings. The van der Waals surface area contributed by atoms with Gasteiger partial charge in [-0.2, -0.15) is 24.9 Å². The van der Waals surface area contributed by atoms with E-state index in [1.54, 1.807) is 11.8 Å². The molecule has 1 aromatic rings. The van der Waals surface area contributed by atoms with Gasteiger partial charge in [-0.05, 0) is 22.2 Å². The van der Waals surface area contributed by atoms with Gasteiger partial charge in [0.2, 0.25) is 0 Å². The number of imidazole rings is 1. The van der Waals surface area contributed by atoms with Crippen molar-refractivity contribution >= 4 is 27.7 Å². The van der Waals surface area contributed by atoms with Crippen molar-refractivity contribution in [3.63, 3.8) is 0 Å². The number of hydrogen-bond acceptors (Lipinski definition) is 3. The number of halogens is 4. The number of rotatable bonds is 5. The van der Waals surface area contributed by atoms with Crippen LogP contribution in [0.1, 0.15) is 5.69 Å². The second-order valence-corrected chi connectivity index (χ2v) is 4.59. The highest BCUT2D eigenvalue weighted by atomic mass is 79.9. The van der Waals surface area contributed by atoms with Gasteiger partial charge < -0.3 is 9.30 Å². The molecule has 1 aromatic heterocycles. The summed E-state index contributed by atoms with van der Waals surface area (Å²) < 4.78 is 43.4. The first kappa shape index (κ1) is 13.9. The molecule has 0 bridgehead atoms. The average Bonchev–Trinajstić information content (AvgIpc) is 2.55. The maximum Gasteiger partial charge on any atom is 0.434 e. The third kappa shape index (κ3) is 3.99. The number of ether oxygens (including phenoxy) is 1. The number of aromatic nitrogens is 2. The third-order valence-corrected chi connectivity index (χ3v) is 2.89. The van der Waals surface area contributed by atoms with E-state index >= 15 is 0 Å². The van der Waals surface area contributed by atoms with Crippen molar-refractivity contribution in [1.29, 1.82) is 0 Å². The smallest absolute Gasteiger partial charge is 0.360 e. The molecule has 0 aliphatic heterocycles. The second kappa shape index (κ2) is 5.92. The SMILES string of the molecule is CSCCOCn1cc(C(F)(F)F)nc1Br. The van der Waals surface area contributed by atoms with Crippen LogP contribution in [0.25, 0.3) is 0 Å². The van der Waals surface area contributed by atoms with Crippen molar-refractivity contribution in [3.8, 4) is 0 Å². The van der Waals surface area contributed by atoms with E-state index < -0.39 is 11.9 Å². The lowest BCUT2D eigenvalue weighted by Crippen LogP contribution is -2.06. The predicted molar refractivity (Wildman–Crippen MR) is 59.3 cm³/mol. The summed E-state index contributed by atoms with van der Waals surface area (Å²) in [4.78, 5) is 3.35. The number of nitrogens with zero attached hydrogens (tertiary/aromatic N) is 2. The van der Waals surface area contributed by atoms with E-state index in [9.17, 15) is 13.2 Å². The zero-order chi connectivity index (χ0) is 12.2. The molecule has 1 heterocycles. The van der Waals surface area contributed by atoms with Crippen LogP contribution in [0.4, 0.5) is 13.2 Å². The van der Waals surface area contributed by atoms with Crippen molar-refractivity contribution in [2.75, 3.05) is 18.6 Å². The van der Waals surface area contributed by atoms with Crippen LogP contribution >= 0.6 is 27.7 Å². The molecule has 0 atom stereocenters. The van der Waals surface area contributed by atoms with Crippen LogP contribution in [0.15, 0.2) is 10.9 Å². The van der Waals surface area contributed by atoms with E-state index in [1.165, 1.54) is 4.57 Å². The fourth-order valence-corrected chi connectivity index (χ4v) is 1.61. The monoisotopic (exact) mass is 318 g/mol. The van der Waals surface area contributed by atoms with Crippen LogP contribution in [-0.4, -0.2) is 28.2 Å². The number of alkyl halides is 3. The average molecular weight is 319 g/mol. The molecule has 0 saturated carbocycles. The molecule has 92 valence electrons. The molecule has 8 heteroatoms. The van der Waals surface area contributed by atoms with Crippen LogP contribution in [0.5, 0.6) is 0 Å². The minimum atomic E-state index is -4.42. The van der Waals surface area contributed by atoms with Gasteiger partial charge in [-0.15, -0.1) is 0 Å². The Kier molecular flexibility index (Phi) is 5.13. The first-order chi connectivity index (χ1) is 7.45. The molecule has 16 heavy (non-hydrogen) atoms. The van der Waals surface area contributed by atoms with Crippen molar-refractivity contribution < 1.29 is 17.9 Å². The first-order valence-electron chi connectivity index (χ1n) is 4.31. The minimum Gasteiger partial charge on any atom is -0.360 e. The lowest BCUT2D eigenvalue weighted by molar-refractivity contribution is -0.141. The van der Waals surface area contributed by atoms with E-state index in [2.05, 4.69) is 20.9 Å². The van der Waals surface area contributed by atoms with Crippen molar-refractivity contribution in [2.24, 2.45) is 0 Å². The van der Waals surface area contributed by atoms with Gasteiger partial charge in [0.05, 0.1) is 6.61 Å². The molecule has 3 nitrogen and oxygen atoms in total. The molecule has 0 aliphatic rings. The van der Waals surface area contributed by atoms with Gasteiger partial charge in [0.15, 0.2) is 10.4 Å². The fraction of sp³-hybridized carbons (Fsp3) is 0.625. The molecule has 0 saturated heterocycles. The van der Waals surface area contributed by atoms with Crippen molar-refractivity contribution in [2.45, 2.75) is 12.9 Å². The largest absolute Gasteiger partial charge is 0.434 e. The topological polar surface area (TPSA) is 27.1 Å². The lowest BCUT2D eigenvalue weighted by atomic mass is 10.5. The van der Waals surface area contributed by atoms with Gasteiger partial charge in [0, 0.05) is 11.9 Å². The zero-order valence-electron chi connectivity index (χ0n) is 8.42. The molecule has 0 radical (unpaired) electrons. The quantitative estimate of drug-likeness (QED) is 0.781. The zero-order valence-corrected chi connectivity index (χ0v) is 10.8. The molecule has 1 rings (SSSR count). The van der Waals surface area contributed by atoms with Gasteiger partial charge >= 0.3 is 6.18 Å². The Balaban J connectivity index is 2.57. The minimum absolute atomic E-state index is 0.0597. The van der Waals surface area contributed by atoms with E-state index in [4.69, 9.17) is 4.74 Å². The molecule has 0 N–H and O–H groups in total. The molecule has 0 amide bonds. The summed E-state index contributed by atoms with van der Waals surface area (Å²) in [6, 6.07) is 0. The van der Waals surface area contributed by atoms with E-state index in [0.29, 0.717) is 6.61 Å². The maximum absolute atomic E-state index is 12.3. The molecular formula is C8H10BrF3N2OS. The number of thioether (sulfide) groups is 1. The van der Waals surface area contributed by atoms with Crippen LogP contribution in [-0.2, 0) is 17.6 Å². The Bertz CT molecular complexity index is 343. The number of hydrogen-bond donors (Lipinski definition) is 0. The summed E-state index contributed by atoms with van der Waals surface area (Å²) in [6.45, 7) is 0.553. The summed E-state index contributed by atoms with van der Waals surface area (Å²) in [7, 11) is 0. The second-order valence-electron chi connectivity index (χ2n) is 2.89. The summed E-state index contributed by atoms with van der Waals surface area (Å²) in [5.41, 5.74) is -0.923.